The number of benzene rings is 1. The Bertz CT molecular complexity index is 1220. The van der Waals surface area contributed by atoms with Gasteiger partial charge in [-0.15, -0.1) is 6.58 Å². The van der Waals surface area contributed by atoms with Crippen LogP contribution in [0.15, 0.2) is 41.9 Å². The van der Waals surface area contributed by atoms with E-state index in [4.69, 9.17) is 9.47 Å². The second-order valence-corrected chi connectivity index (χ2v) is 9.47. The van der Waals surface area contributed by atoms with Gasteiger partial charge in [-0.1, -0.05) is 12.1 Å². The largest absolute Gasteiger partial charge is 0.488 e. The molecule has 162 valence electrons. The first-order valence-electron chi connectivity index (χ1n) is 9.58. The molecule has 1 aromatic heterocycles. The highest BCUT2D eigenvalue weighted by atomic mass is 32.2. The normalized spacial score (nSPS) is 20.9. The van der Waals surface area contributed by atoms with Gasteiger partial charge in [-0.05, 0) is 24.6 Å². The molecule has 31 heavy (non-hydrogen) atoms. The third-order valence-electron chi connectivity index (χ3n) is 5.76. The number of rotatable bonds is 4. The lowest BCUT2D eigenvalue weighted by atomic mass is 9.79. The molecule has 2 aliphatic heterocycles. The van der Waals surface area contributed by atoms with E-state index in [9.17, 15) is 18.5 Å². The van der Waals surface area contributed by atoms with Crippen LogP contribution in [0, 0.1) is 23.7 Å². The summed E-state index contributed by atoms with van der Waals surface area (Å²) < 4.78 is 41.3. The number of nitrogens with zero attached hydrogens (tertiary/aromatic N) is 2. The van der Waals surface area contributed by atoms with Gasteiger partial charge in [-0.3, -0.25) is 4.79 Å². The molecule has 1 saturated heterocycles. The van der Waals surface area contributed by atoms with Gasteiger partial charge in [0.2, 0.25) is 10.0 Å². The second kappa shape index (κ2) is 7.53. The molecule has 1 unspecified atom stereocenters. The number of hydrogen-bond donors (Lipinski definition) is 2. The summed E-state index contributed by atoms with van der Waals surface area (Å²) in [5.41, 5.74) is 1.16. The zero-order valence-electron chi connectivity index (χ0n) is 17.1. The molecule has 10 heteroatoms. The van der Waals surface area contributed by atoms with Crippen molar-refractivity contribution in [3.63, 3.8) is 0 Å². The summed E-state index contributed by atoms with van der Waals surface area (Å²) in [5.74, 6) is -0.558. The first-order valence-corrected chi connectivity index (χ1v) is 11.1. The topological polar surface area (TPSA) is 122 Å². The summed E-state index contributed by atoms with van der Waals surface area (Å²) in [6.07, 6.45) is 3.03. The van der Waals surface area contributed by atoms with E-state index < -0.39 is 27.4 Å². The van der Waals surface area contributed by atoms with E-state index in [0.717, 1.165) is 5.56 Å². The van der Waals surface area contributed by atoms with Gasteiger partial charge in [-0.25, -0.2) is 13.1 Å². The Balaban J connectivity index is 1.67. The van der Waals surface area contributed by atoms with Crippen LogP contribution < -0.4 is 14.8 Å². The summed E-state index contributed by atoms with van der Waals surface area (Å²) in [6.45, 7) is 6.31. The maximum Gasteiger partial charge on any atom is 0.276 e. The monoisotopic (exact) mass is 442 g/mol. The SMILES string of the molecule is C=CC1(C2COc3c(cn(C)c3C(=O)Nc3ccc(C)c(C#N)c3)S(=O)(=O)N2)COC1. The molecule has 0 bridgehead atoms. The predicted octanol–water partition coefficient (Wildman–Crippen LogP) is 1.70. The number of hydrogen-bond acceptors (Lipinski definition) is 6. The fourth-order valence-corrected chi connectivity index (χ4v) is 5.22. The highest BCUT2D eigenvalue weighted by Gasteiger charge is 2.48. The summed E-state index contributed by atoms with van der Waals surface area (Å²) in [6, 6.07) is 6.46. The lowest BCUT2D eigenvalue weighted by Crippen LogP contribution is -2.58. The third kappa shape index (κ3) is 3.50. The van der Waals surface area contributed by atoms with E-state index in [1.54, 1.807) is 38.2 Å². The molecule has 2 N–H and O–H groups in total. The van der Waals surface area contributed by atoms with Crippen molar-refractivity contribution < 1.29 is 22.7 Å². The van der Waals surface area contributed by atoms with Gasteiger partial charge >= 0.3 is 0 Å². The number of carbonyl (C=O) groups excluding carboxylic acids is 1. The minimum absolute atomic E-state index is 0.0120. The average molecular weight is 442 g/mol. The van der Waals surface area contributed by atoms with Crippen LogP contribution in [-0.4, -0.2) is 44.8 Å². The van der Waals surface area contributed by atoms with Crippen molar-refractivity contribution in [2.24, 2.45) is 12.5 Å². The number of fused-ring (bicyclic) bond motifs is 1. The van der Waals surface area contributed by atoms with E-state index in [0.29, 0.717) is 24.5 Å². The fraction of sp³-hybridized carbons (Fsp3) is 0.333. The number of anilines is 1. The predicted molar refractivity (Wildman–Crippen MR) is 112 cm³/mol. The first-order chi connectivity index (χ1) is 14.7. The van der Waals surface area contributed by atoms with Crippen LogP contribution >= 0.6 is 0 Å². The lowest BCUT2D eigenvalue weighted by molar-refractivity contribution is -0.103. The van der Waals surface area contributed by atoms with Crippen molar-refractivity contribution in [1.82, 2.24) is 9.29 Å². The van der Waals surface area contributed by atoms with Crippen molar-refractivity contribution in [3.8, 4) is 11.8 Å². The van der Waals surface area contributed by atoms with Crippen LogP contribution in [-0.2, 0) is 21.8 Å². The number of carbonyl (C=O) groups is 1. The number of aromatic nitrogens is 1. The molecule has 0 spiro atoms. The standard InChI is InChI=1S/C21H22N4O5S/c1-4-21(11-29-12-21)17-10-30-19-16(31(27,28)24-17)9-25(3)18(19)20(26)23-15-6-5-13(2)14(7-15)8-22/h4-7,9,17,24H,1,10-12H2,2-3H3,(H,23,26). The van der Waals surface area contributed by atoms with Crippen molar-refractivity contribution in [2.45, 2.75) is 17.9 Å². The third-order valence-corrected chi connectivity index (χ3v) is 7.22. The van der Waals surface area contributed by atoms with Crippen molar-refractivity contribution in [2.75, 3.05) is 25.1 Å². The van der Waals surface area contributed by atoms with Crippen LogP contribution in [0.1, 0.15) is 21.6 Å². The van der Waals surface area contributed by atoms with E-state index in [-0.39, 0.29) is 22.9 Å². The van der Waals surface area contributed by atoms with Gasteiger partial charge in [0, 0.05) is 18.9 Å². The lowest BCUT2D eigenvalue weighted by Gasteiger charge is -2.44. The Hall–Kier alpha value is -3.13. The zero-order chi connectivity index (χ0) is 22.4. The first kappa shape index (κ1) is 21.1. The van der Waals surface area contributed by atoms with Gasteiger partial charge in [0.05, 0.1) is 36.3 Å². The number of nitriles is 1. The minimum Gasteiger partial charge on any atom is -0.488 e. The Labute approximate surface area is 180 Å². The molecule has 0 saturated carbocycles. The second-order valence-electron chi connectivity index (χ2n) is 7.79. The van der Waals surface area contributed by atoms with E-state index in [2.05, 4.69) is 22.7 Å². The molecule has 3 heterocycles. The van der Waals surface area contributed by atoms with Gasteiger partial charge in [0.1, 0.15) is 11.5 Å². The number of amides is 1. The molecule has 2 aliphatic rings. The van der Waals surface area contributed by atoms with Gasteiger partial charge in [-0.2, -0.15) is 5.26 Å². The van der Waals surface area contributed by atoms with E-state index >= 15 is 0 Å². The van der Waals surface area contributed by atoms with Gasteiger partial charge in [0.25, 0.3) is 5.91 Å². The molecule has 0 aliphatic carbocycles. The zero-order valence-corrected chi connectivity index (χ0v) is 18.0. The molecule has 2 aromatic rings. The molecule has 1 fully saturated rings. The number of ether oxygens (including phenoxy) is 2. The van der Waals surface area contributed by atoms with E-state index in [1.807, 2.05) is 0 Å². The number of nitrogens with one attached hydrogen (secondary N) is 2. The van der Waals surface area contributed by atoms with Gasteiger partial charge < -0.3 is 19.4 Å². The quantitative estimate of drug-likeness (QED) is 0.695. The molecular weight excluding hydrogens is 420 g/mol. The van der Waals surface area contributed by atoms with Crippen LogP contribution in [0.25, 0.3) is 0 Å². The highest BCUT2D eigenvalue weighted by molar-refractivity contribution is 7.89. The summed E-state index contributed by atoms with van der Waals surface area (Å²) in [7, 11) is -2.37. The molecule has 0 radical (unpaired) electrons. The molecule has 9 nitrogen and oxygen atoms in total. The maximum absolute atomic E-state index is 13.0. The summed E-state index contributed by atoms with van der Waals surface area (Å²) in [4.78, 5) is 12.9. The molecule has 1 aromatic carbocycles. The number of aryl methyl sites for hydroxylation is 2. The Morgan fingerprint density at radius 1 is 1.45 bits per heavy atom. The van der Waals surface area contributed by atoms with E-state index in [1.165, 1.54) is 10.8 Å². The van der Waals surface area contributed by atoms with Crippen molar-refractivity contribution in [1.29, 1.82) is 5.26 Å². The summed E-state index contributed by atoms with van der Waals surface area (Å²) in [5, 5.41) is 11.9. The molecule has 1 atom stereocenters. The summed E-state index contributed by atoms with van der Waals surface area (Å²) >= 11 is 0. The number of sulfonamides is 1. The van der Waals surface area contributed by atoms with Crippen LogP contribution in [0.4, 0.5) is 5.69 Å². The highest BCUT2D eigenvalue weighted by Crippen LogP contribution is 2.38. The van der Waals surface area contributed by atoms with Crippen molar-refractivity contribution >= 4 is 21.6 Å². The Morgan fingerprint density at radius 3 is 2.81 bits per heavy atom. The molecule has 1 amide bonds. The Kier molecular flexibility index (Phi) is 5.13. The van der Waals surface area contributed by atoms with Gasteiger partial charge in [0.15, 0.2) is 11.4 Å². The van der Waals surface area contributed by atoms with Crippen LogP contribution in [0.3, 0.4) is 0 Å². The minimum atomic E-state index is -3.94. The fourth-order valence-electron chi connectivity index (χ4n) is 3.71. The van der Waals surface area contributed by atoms with Crippen LogP contribution in [0.2, 0.25) is 0 Å². The maximum atomic E-state index is 13.0. The Morgan fingerprint density at radius 2 is 2.19 bits per heavy atom. The van der Waals surface area contributed by atoms with Crippen molar-refractivity contribution in [3.05, 3.63) is 53.9 Å². The molecular formula is C21H22N4O5S. The average Bonchev–Trinajstić information content (AvgIpc) is 2.97. The molecule has 4 rings (SSSR count). The smallest absolute Gasteiger partial charge is 0.276 e. The van der Waals surface area contributed by atoms with Crippen LogP contribution in [0.5, 0.6) is 5.75 Å².